The van der Waals surface area contributed by atoms with Gasteiger partial charge in [0.15, 0.2) is 23.9 Å². The van der Waals surface area contributed by atoms with Crippen molar-refractivity contribution in [1.82, 2.24) is 9.88 Å². The number of hydrogen-bond donors (Lipinski definition) is 0. The standard InChI is InChI=1S/C38H38Cl2F2N4O7/c1-23(2)50-33-17-27(10-11-31(33)52-37(41)42)32(18-28-29(39)20-45(49)21-30(28)40)51-36(47)26-8-6-24(7-9-26)19-46(35-5-3-4-14-43-35)38(48)53-34-22-44-15-12-25(34)13-16-44/h3-11,14,17,20-21,23,25,32,34,37H,12-13,15-16,18-19,22H2,1-2H3/t32?,34-/m0/s1. The quantitative estimate of drug-likeness (QED) is 0.0763. The molecule has 11 nitrogen and oxygen atoms in total. The van der Waals surface area contributed by atoms with Crippen molar-refractivity contribution in [2.45, 2.75) is 64.6 Å². The molecule has 3 fully saturated rings. The van der Waals surface area contributed by atoms with Crippen LogP contribution < -0.4 is 19.1 Å². The van der Waals surface area contributed by atoms with Gasteiger partial charge in [0, 0.05) is 24.7 Å². The van der Waals surface area contributed by atoms with Crippen LogP contribution in [0.5, 0.6) is 11.5 Å². The van der Waals surface area contributed by atoms with Crippen molar-refractivity contribution in [2.75, 3.05) is 24.5 Å². The second-order valence-corrected chi connectivity index (χ2v) is 14.0. The van der Waals surface area contributed by atoms with Crippen molar-refractivity contribution in [1.29, 1.82) is 0 Å². The Hall–Kier alpha value is -4.72. The van der Waals surface area contributed by atoms with E-state index in [1.165, 1.54) is 23.1 Å². The highest BCUT2D eigenvalue weighted by Gasteiger charge is 2.37. The van der Waals surface area contributed by atoms with E-state index in [4.69, 9.17) is 37.4 Å². The van der Waals surface area contributed by atoms with Crippen molar-refractivity contribution in [3.63, 3.8) is 0 Å². The zero-order valence-electron chi connectivity index (χ0n) is 29.0. The Labute approximate surface area is 315 Å². The van der Waals surface area contributed by atoms with E-state index in [1.807, 2.05) is 0 Å². The lowest BCUT2D eigenvalue weighted by Gasteiger charge is -2.44. The van der Waals surface area contributed by atoms with Gasteiger partial charge in [0.25, 0.3) is 0 Å². The first kappa shape index (κ1) is 38.0. The molecule has 4 aromatic rings. The molecule has 7 rings (SSSR count). The van der Waals surface area contributed by atoms with Crippen molar-refractivity contribution >= 4 is 41.1 Å². The smallest absolute Gasteiger partial charge is 0.416 e. The van der Waals surface area contributed by atoms with Crippen LogP contribution >= 0.6 is 23.2 Å². The van der Waals surface area contributed by atoms with Gasteiger partial charge in [0.2, 0.25) is 0 Å². The Morgan fingerprint density at radius 3 is 2.32 bits per heavy atom. The topological polar surface area (TPSA) is 117 Å². The first-order chi connectivity index (χ1) is 25.4. The summed E-state index contributed by atoms with van der Waals surface area (Å²) in [6.45, 7) is 3.22. The van der Waals surface area contributed by atoms with Gasteiger partial charge in [0.05, 0.1) is 18.2 Å². The zero-order valence-corrected chi connectivity index (χ0v) is 30.5. The van der Waals surface area contributed by atoms with Crippen molar-refractivity contribution in [3.8, 4) is 11.5 Å². The Balaban J connectivity index is 1.23. The van der Waals surface area contributed by atoms with E-state index in [2.05, 4.69) is 14.6 Å². The van der Waals surface area contributed by atoms with E-state index >= 15 is 0 Å². The second kappa shape index (κ2) is 17.0. The predicted octanol–water partition coefficient (Wildman–Crippen LogP) is 7.79. The maximum absolute atomic E-state index is 13.7. The average Bonchev–Trinajstić information content (AvgIpc) is 3.13. The Morgan fingerprint density at radius 2 is 1.72 bits per heavy atom. The normalized spacial score (nSPS) is 18.5. The lowest BCUT2D eigenvalue weighted by molar-refractivity contribution is -0.605. The third kappa shape index (κ3) is 9.64. The molecule has 0 aliphatic carbocycles. The van der Waals surface area contributed by atoms with Crippen molar-refractivity contribution in [3.05, 3.63) is 117 Å². The average molecular weight is 772 g/mol. The van der Waals surface area contributed by atoms with Gasteiger partial charge >= 0.3 is 18.7 Å². The first-order valence-electron chi connectivity index (χ1n) is 17.2. The van der Waals surface area contributed by atoms with Crippen LogP contribution in [-0.2, 0) is 22.4 Å². The van der Waals surface area contributed by atoms with Gasteiger partial charge in [-0.15, -0.1) is 0 Å². The van der Waals surface area contributed by atoms with Crippen LogP contribution in [0.3, 0.4) is 0 Å². The van der Waals surface area contributed by atoms with Gasteiger partial charge in [-0.05, 0) is 93.2 Å². The molecule has 1 unspecified atom stereocenters. The van der Waals surface area contributed by atoms with E-state index in [-0.39, 0.29) is 46.2 Å². The predicted molar refractivity (Wildman–Crippen MR) is 192 cm³/mol. The van der Waals surface area contributed by atoms with Gasteiger partial charge < -0.3 is 24.2 Å². The van der Waals surface area contributed by atoms with E-state index in [0.717, 1.165) is 38.3 Å². The van der Waals surface area contributed by atoms with Crippen LogP contribution in [0.1, 0.15) is 59.8 Å². The van der Waals surface area contributed by atoms with Crippen molar-refractivity contribution in [2.24, 2.45) is 5.92 Å². The van der Waals surface area contributed by atoms with Crippen LogP contribution in [-0.4, -0.2) is 60.4 Å². The summed E-state index contributed by atoms with van der Waals surface area (Å²) in [5, 5.41) is 12.0. The van der Waals surface area contributed by atoms with Gasteiger partial charge in [-0.2, -0.15) is 13.5 Å². The minimum atomic E-state index is -3.10. The molecule has 3 aliphatic rings. The van der Waals surface area contributed by atoms with Crippen LogP contribution in [0.15, 0.2) is 79.3 Å². The lowest BCUT2D eigenvalue weighted by Crippen LogP contribution is -2.53. The molecule has 2 aromatic heterocycles. The molecule has 53 heavy (non-hydrogen) atoms. The highest BCUT2D eigenvalue weighted by molar-refractivity contribution is 6.35. The fourth-order valence-corrected chi connectivity index (χ4v) is 7.12. The number of carbonyl (C=O) groups excluding carboxylic acids is 2. The van der Waals surface area contributed by atoms with Crippen LogP contribution in [0.25, 0.3) is 0 Å². The largest absolute Gasteiger partial charge is 0.619 e. The number of halogens is 4. The summed E-state index contributed by atoms with van der Waals surface area (Å²) in [4.78, 5) is 35.4. The molecule has 15 heteroatoms. The third-order valence-corrected chi connectivity index (χ3v) is 9.79. The van der Waals surface area contributed by atoms with Gasteiger partial charge in [-0.25, -0.2) is 14.6 Å². The molecule has 2 aromatic carbocycles. The fraction of sp³-hybridized carbons (Fsp3) is 0.368. The number of aromatic nitrogens is 2. The molecule has 5 heterocycles. The number of amides is 1. The fourth-order valence-electron chi connectivity index (χ4n) is 6.52. The SMILES string of the molecule is CC(C)Oc1cc(C(Cc2c(Cl)c[n+]([O-])cc2Cl)OC(=O)c2ccc(CN(C(=O)O[C@H]3CN4CCC3CC4)c3ccccn3)cc2)ccc1OC(F)F. The molecule has 280 valence electrons. The van der Waals surface area contributed by atoms with Crippen molar-refractivity contribution < 1.29 is 42.0 Å². The molecule has 3 aliphatic heterocycles. The molecule has 3 saturated heterocycles. The monoisotopic (exact) mass is 770 g/mol. The summed E-state index contributed by atoms with van der Waals surface area (Å²) >= 11 is 12.8. The van der Waals surface area contributed by atoms with Gasteiger partial charge in [-0.1, -0.05) is 47.5 Å². The maximum Gasteiger partial charge on any atom is 0.416 e. The summed E-state index contributed by atoms with van der Waals surface area (Å²) < 4.78 is 49.2. The molecule has 1 amide bonds. The molecule has 0 radical (unpaired) electrons. The Bertz CT molecular complexity index is 1870. The molecule has 0 N–H and O–H groups in total. The van der Waals surface area contributed by atoms with Crippen LogP contribution in [0, 0.1) is 11.1 Å². The number of carbonyl (C=O) groups is 2. The lowest BCUT2D eigenvalue weighted by atomic mass is 9.86. The van der Waals surface area contributed by atoms with Crippen LogP contribution in [0.2, 0.25) is 10.0 Å². The van der Waals surface area contributed by atoms with Crippen LogP contribution in [0.4, 0.5) is 19.4 Å². The summed E-state index contributed by atoms with van der Waals surface area (Å²) in [6, 6.07) is 16.0. The van der Waals surface area contributed by atoms with E-state index in [9.17, 15) is 23.6 Å². The van der Waals surface area contributed by atoms with E-state index in [0.29, 0.717) is 39.7 Å². The minimum absolute atomic E-state index is 0.00958. The Kier molecular flexibility index (Phi) is 12.2. The number of nitrogens with zero attached hydrogens (tertiary/aromatic N) is 4. The number of hydrogen-bond acceptors (Lipinski definition) is 9. The third-order valence-electron chi connectivity index (χ3n) is 9.14. The summed E-state index contributed by atoms with van der Waals surface area (Å²) in [7, 11) is 0. The minimum Gasteiger partial charge on any atom is -0.619 e. The molecule has 2 bridgehead atoms. The maximum atomic E-state index is 13.7. The van der Waals surface area contributed by atoms with Gasteiger partial charge in [-0.3, -0.25) is 9.80 Å². The number of rotatable bonds is 13. The number of anilines is 1. The number of pyridine rings is 2. The number of fused-ring (bicyclic) bond motifs is 3. The number of piperidine rings is 3. The highest BCUT2D eigenvalue weighted by Crippen LogP contribution is 2.37. The second-order valence-electron chi connectivity index (χ2n) is 13.2. The molecule has 0 spiro atoms. The van der Waals surface area contributed by atoms with Gasteiger partial charge in [0.1, 0.15) is 28.1 Å². The summed E-state index contributed by atoms with van der Waals surface area (Å²) in [6.07, 6.45) is 3.62. The number of esters is 1. The summed E-state index contributed by atoms with van der Waals surface area (Å²) in [5.74, 6) is -0.148. The summed E-state index contributed by atoms with van der Waals surface area (Å²) in [5.41, 5.74) is 1.59. The zero-order chi connectivity index (χ0) is 37.6. The van der Waals surface area contributed by atoms with E-state index < -0.39 is 30.9 Å². The molecular weight excluding hydrogens is 733 g/mol. The number of alkyl halides is 2. The first-order valence-corrected chi connectivity index (χ1v) is 17.9. The highest BCUT2D eigenvalue weighted by atomic mass is 35.5. The number of ether oxygens (including phenoxy) is 4. The Morgan fingerprint density at radius 1 is 1.00 bits per heavy atom. The molecular formula is C38H38Cl2F2N4O7. The van der Waals surface area contributed by atoms with E-state index in [1.54, 1.807) is 62.5 Å². The number of benzene rings is 2. The molecule has 2 atom stereocenters. The molecule has 0 saturated carbocycles.